The lowest BCUT2D eigenvalue weighted by molar-refractivity contribution is 0.628. The fourth-order valence-electron chi connectivity index (χ4n) is 2.12. The zero-order valence-electron chi connectivity index (χ0n) is 10.9. The molecule has 0 heterocycles. The molecule has 2 rings (SSSR count). The molecule has 19 heavy (non-hydrogen) atoms. The average molecular weight is 278 g/mol. The number of halogens is 2. The smallest absolute Gasteiger partial charge is 0.141 e. The lowest BCUT2D eigenvalue weighted by Crippen LogP contribution is -2.04. The average Bonchev–Trinajstić information content (AvgIpc) is 2.42. The van der Waals surface area contributed by atoms with Crippen LogP contribution in [0.4, 0.5) is 4.39 Å². The Bertz CT molecular complexity index is 568. The van der Waals surface area contributed by atoms with Gasteiger partial charge in [-0.05, 0) is 47.7 Å². The first kappa shape index (κ1) is 14.0. The van der Waals surface area contributed by atoms with Crippen LogP contribution in [0.1, 0.15) is 24.8 Å². The van der Waals surface area contributed by atoms with E-state index >= 15 is 0 Å². The van der Waals surface area contributed by atoms with Gasteiger partial charge in [-0.2, -0.15) is 0 Å². The number of hydrogen-bond acceptors (Lipinski definition) is 1. The summed E-state index contributed by atoms with van der Waals surface area (Å²) < 4.78 is 13.2. The quantitative estimate of drug-likeness (QED) is 0.868. The van der Waals surface area contributed by atoms with Crippen molar-refractivity contribution >= 4 is 11.6 Å². The lowest BCUT2D eigenvalue weighted by Gasteiger charge is -2.12. The van der Waals surface area contributed by atoms with Crippen LogP contribution < -0.4 is 5.73 Å². The van der Waals surface area contributed by atoms with Crippen molar-refractivity contribution < 1.29 is 4.39 Å². The maximum absolute atomic E-state index is 13.2. The molecule has 2 aromatic rings. The summed E-state index contributed by atoms with van der Waals surface area (Å²) in [6.07, 6.45) is 0.952. The topological polar surface area (TPSA) is 26.0 Å². The predicted molar refractivity (Wildman–Crippen MR) is 78.9 cm³/mol. The standard InChI is InChI=1S/C16H17ClFN/c1-11(7-8-19)12-3-2-4-13(9-12)14-5-6-16(18)15(17)10-14/h2-6,9-11H,7-8,19H2,1H3. The minimum atomic E-state index is -0.391. The maximum Gasteiger partial charge on any atom is 0.141 e. The number of hydrogen-bond donors (Lipinski definition) is 1. The Kier molecular flexibility index (Phi) is 4.56. The van der Waals surface area contributed by atoms with E-state index in [4.69, 9.17) is 17.3 Å². The molecule has 100 valence electrons. The van der Waals surface area contributed by atoms with E-state index in [0.29, 0.717) is 12.5 Å². The zero-order chi connectivity index (χ0) is 13.8. The van der Waals surface area contributed by atoms with Gasteiger partial charge in [0.15, 0.2) is 0 Å². The molecule has 0 saturated heterocycles. The van der Waals surface area contributed by atoms with Crippen molar-refractivity contribution in [3.63, 3.8) is 0 Å². The second kappa shape index (κ2) is 6.18. The molecule has 0 saturated carbocycles. The first-order valence-corrected chi connectivity index (χ1v) is 6.75. The first-order valence-electron chi connectivity index (χ1n) is 6.37. The zero-order valence-corrected chi connectivity index (χ0v) is 11.6. The van der Waals surface area contributed by atoms with E-state index in [1.807, 2.05) is 12.1 Å². The number of benzene rings is 2. The second-order valence-electron chi connectivity index (χ2n) is 4.73. The van der Waals surface area contributed by atoms with Crippen LogP contribution in [-0.4, -0.2) is 6.54 Å². The van der Waals surface area contributed by atoms with Gasteiger partial charge in [-0.15, -0.1) is 0 Å². The van der Waals surface area contributed by atoms with E-state index in [1.165, 1.54) is 11.6 Å². The van der Waals surface area contributed by atoms with Crippen LogP contribution in [0.15, 0.2) is 42.5 Å². The molecule has 0 amide bonds. The molecule has 0 aromatic heterocycles. The summed E-state index contributed by atoms with van der Waals surface area (Å²) in [6.45, 7) is 2.83. The van der Waals surface area contributed by atoms with Crippen molar-refractivity contribution in [2.75, 3.05) is 6.54 Å². The molecule has 0 aliphatic carbocycles. The van der Waals surface area contributed by atoms with Gasteiger partial charge in [0.05, 0.1) is 5.02 Å². The van der Waals surface area contributed by atoms with Crippen molar-refractivity contribution in [1.29, 1.82) is 0 Å². The maximum atomic E-state index is 13.2. The van der Waals surface area contributed by atoms with Gasteiger partial charge in [-0.1, -0.05) is 48.9 Å². The summed E-state index contributed by atoms with van der Waals surface area (Å²) in [5.74, 6) is 0.0268. The van der Waals surface area contributed by atoms with E-state index < -0.39 is 5.82 Å². The van der Waals surface area contributed by atoms with E-state index in [-0.39, 0.29) is 5.02 Å². The van der Waals surface area contributed by atoms with Crippen molar-refractivity contribution in [2.24, 2.45) is 5.73 Å². The summed E-state index contributed by atoms with van der Waals surface area (Å²) in [7, 11) is 0. The fraction of sp³-hybridized carbons (Fsp3) is 0.250. The Labute approximate surface area is 118 Å². The van der Waals surface area contributed by atoms with Crippen LogP contribution in [0.25, 0.3) is 11.1 Å². The highest BCUT2D eigenvalue weighted by atomic mass is 35.5. The Morgan fingerprint density at radius 3 is 2.58 bits per heavy atom. The molecule has 3 heteroatoms. The molecule has 1 atom stereocenters. The molecule has 0 spiro atoms. The lowest BCUT2D eigenvalue weighted by atomic mass is 9.94. The highest BCUT2D eigenvalue weighted by Gasteiger charge is 2.07. The molecular formula is C16H17ClFN. The first-order chi connectivity index (χ1) is 9.11. The SMILES string of the molecule is CC(CCN)c1cccc(-c2ccc(F)c(Cl)c2)c1. The van der Waals surface area contributed by atoms with Gasteiger partial charge < -0.3 is 5.73 Å². The van der Waals surface area contributed by atoms with Crippen molar-refractivity contribution in [3.8, 4) is 11.1 Å². The third-order valence-corrected chi connectivity index (χ3v) is 3.60. The van der Waals surface area contributed by atoms with Crippen LogP contribution in [-0.2, 0) is 0 Å². The third kappa shape index (κ3) is 3.34. The molecule has 0 bridgehead atoms. The Balaban J connectivity index is 2.34. The highest BCUT2D eigenvalue weighted by Crippen LogP contribution is 2.28. The van der Waals surface area contributed by atoms with Gasteiger partial charge in [0.1, 0.15) is 5.82 Å². The molecule has 0 fully saturated rings. The van der Waals surface area contributed by atoms with Crippen LogP contribution in [0.3, 0.4) is 0 Å². The molecular weight excluding hydrogens is 261 g/mol. The van der Waals surface area contributed by atoms with Gasteiger partial charge in [-0.25, -0.2) is 4.39 Å². The van der Waals surface area contributed by atoms with Crippen LogP contribution in [0, 0.1) is 5.82 Å². The minimum absolute atomic E-state index is 0.151. The van der Waals surface area contributed by atoms with Gasteiger partial charge in [-0.3, -0.25) is 0 Å². The van der Waals surface area contributed by atoms with E-state index in [1.54, 1.807) is 12.1 Å². The molecule has 0 aliphatic heterocycles. The fourth-order valence-corrected chi connectivity index (χ4v) is 2.30. The van der Waals surface area contributed by atoms with E-state index in [2.05, 4.69) is 19.1 Å². The normalized spacial score (nSPS) is 12.4. The van der Waals surface area contributed by atoms with E-state index in [9.17, 15) is 4.39 Å². The second-order valence-corrected chi connectivity index (χ2v) is 5.14. The van der Waals surface area contributed by atoms with Crippen molar-refractivity contribution in [3.05, 3.63) is 58.9 Å². The highest BCUT2D eigenvalue weighted by molar-refractivity contribution is 6.31. The van der Waals surface area contributed by atoms with Crippen molar-refractivity contribution in [1.82, 2.24) is 0 Å². The molecule has 0 radical (unpaired) electrons. The largest absolute Gasteiger partial charge is 0.330 e. The van der Waals surface area contributed by atoms with Gasteiger partial charge in [0.2, 0.25) is 0 Å². The molecule has 1 unspecified atom stereocenters. The Morgan fingerprint density at radius 1 is 1.16 bits per heavy atom. The van der Waals surface area contributed by atoms with Crippen LogP contribution in [0.2, 0.25) is 5.02 Å². The summed E-state index contributed by atoms with van der Waals surface area (Å²) in [4.78, 5) is 0. The van der Waals surface area contributed by atoms with Crippen molar-refractivity contribution in [2.45, 2.75) is 19.3 Å². The number of nitrogens with two attached hydrogens (primary N) is 1. The van der Waals surface area contributed by atoms with E-state index in [0.717, 1.165) is 17.5 Å². The van der Waals surface area contributed by atoms with Crippen LogP contribution >= 0.6 is 11.6 Å². The number of rotatable bonds is 4. The summed E-state index contributed by atoms with van der Waals surface area (Å²) >= 11 is 5.82. The van der Waals surface area contributed by atoms with Gasteiger partial charge in [0, 0.05) is 0 Å². The van der Waals surface area contributed by atoms with Gasteiger partial charge >= 0.3 is 0 Å². The summed E-state index contributed by atoms with van der Waals surface area (Å²) in [5, 5.41) is 0.151. The summed E-state index contributed by atoms with van der Waals surface area (Å²) in [6, 6.07) is 13.0. The predicted octanol–water partition coefficient (Wildman–Crippen LogP) is 4.60. The minimum Gasteiger partial charge on any atom is -0.330 e. The molecule has 2 aromatic carbocycles. The third-order valence-electron chi connectivity index (χ3n) is 3.31. The monoisotopic (exact) mass is 277 g/mol. The molecule has 2 N–H and O–H groups in total. The van der Waals surface area contributed by atoms with Crippen LogP contribution in [0.5, 0.6) is 0 Å². The summed E-state index contributed by atoms with van der Waals surface area (Å²) in [5.41, 5.74) is 8.80. The van der Waals surface area contributed by atoms with Gasteiger partial charge in [0.25, 0.3) is 0 Å². The Hall–Kier alpha value is -1.38. The molecule has 0 aliphatic rings. The Morgan fingerprint density at radius 2 is 1.89 bits per heavy atom. The molecule has 1 nitrogen and oxygen atoms in total.